The number of nitrogens with one attached hydrogen (secondary N) is 2. The first-order valence-electron chi connectivity index (χ1n) is 12.2. The molecule has 0 unspecified atom stereocenters. The molecule has 184 valence electrons. The van der Waals surface area contributed by atoms with Crippen LogP contribution in [0.1, 0.15) is 62.4 Å². The Morgan fingerprint density at radius 3 is 2.41 bits per heavy atom. The van der Waals surface area contributed by atoms with Crippen molar-refractivity contribution in [1.29, 1.82) is 0 Å². The number of amides is 1. The molecule has 5 nitrogen and oxygen atoms in total. The molecule has 3 rings (SSSR count). The highest BCUT2D eigenvalue weighted by molar-refractivity contribution is 9.10. The van der Waals surface area contributed by atoms with Gasteiger partial charge in [0.05, 0.1) is 5.70 Å². The number of rotatable bonds is 7. The van der Waals surface area contributed by atoms with E-state index in [1.54, 1.807) is 0 Å². The molecule has 2 N–H and O–H groups in total. The molecule has 1 aliphatic carbocycles. The molecule has 0 spiro atoms. The number of anilines is 1. The second-order valence-electron chi connectivity index (χ2n) is 9.66. The van der Waals surface area contributed by atoms with Gasteiger partial charge in [0, 0.05) is 52.2 Å². The number of benzene rings is 1. The van der Waals surface area contributed by atoms with Crippen molar-refractivity contribution >= 4 is 27.5 Å². The van der Waals surface area contributed by atoms with Crippen molar-refractivity contribution in [2.45, 2.75) is 65.5 Å². The molecule has 1 amide bonds. The van der Waals surface area contributed by atoms with Gasteiger partial charge in [-0.05, 0) is 96.8 Å². The zero-order chi connectivity index (χ0) is 25.0. The largest absolute Gasteiger partial charge is 0.369 e. The van der Waals surface area contributed by atoms with E-state index < -0.39 is 0 Å². The standard InChI is InChI=1S/C28H39BrN4O/c1-8-26-25(18(3)14-19(4)31-26)17-30-28(34)24-15-21(29)16-27(20(24)5)33(9-2)23-12-10-22(11-13-23)32(6)7/h14-16,22-23,31H,1,9-13,17H2,2-7H3,(H,30,34). The highest BCUT2D eigenvalue weighted by Crippen LogP contribution is 2.34. The van der Waals surface area contributed by atoms with Crippen molar-refractivity contribution < 1.29 is 4.79 Å². The first kappa shape index (κ1) is 26.3. The van der Waals surface area contributed by atoms with Crippen LogP contribution >= 0.6 is 15.9 Å². The Morgan fingerprint density at radius 2 is 1.82 bits per heavy atom. The van der Waals surface area contributed by atoms with Gasteiger partial charge < -0.3 is 20.4 Å². The number of carbonyl (C=O) groups is 1. The molecule has 0 bridgehead atoms. The smallest absolute Gasteiger partial charge is 0.251 e. The Labute approximate surface area is 213 Å². The van der Waals surface area contributed by atoms with Crippen LogP contribution < -0.4 is 15.5 Å². The van der Waals surface area contributed by atoms with E-state index in [4.69, 9.17) is 0 Å². The molecule has 1 aliphatic heterocycles. The number of dihydropyridines is 1. The third kappa shape index (κ3) is 5.86. The van der Waals surface area contributed by atoms with Crippen LogP contribution in [0.3, 0.4) is 0 Å². The predicted molar refractivity (Wildman–Crippen MR) is 146 cm³/mol. The summed E-state index contributed by atoms with van der Waals surface area (Å²) in [7, 11) is 4.36. The summed E-state index contributed by atoms with van der Waals surface area (Å²) < 4.78 is 0.929. The normalized spacial score (nSPS) is 20.6. The zero-order valence-electron chi connectivity index (χ0n) is 21.5. The molecule has 1 saturated carbocycles. The van der Waals surface area contributed by atoms with E-state index >= 15 is 0 Å². The van der Waals surface area contributed by atoms with Crippen LogP contribution in [0, 0.1) is 6.92 Å². The lowest BCUT2D eigenvalue weighted by Crippen LogP contribution is -2.42. The first-order valence-corrected chi connectivity index (χ1v) is 13.0. The Balaban J connectivity index is 1.81. The maximum Gasteiger partial charge on any atom is 0.251 e. The van der Waals surface area contributed by atoms with Gasteiger partial charge in [0.15, 0.2) is 0 Å². The number of allylic oxidation sites excluding steroid dienone is 3. The summed E-state index contributed by atoms with van der Waals surface area (Å²) >= 11 is 3.67. The molecule has 1 fully saturated rings. The number of halogens is 1. The second kappa shape index (κ2) is 11.4. The highest BCUT2D eigenvalue weighted by atomic mass is 79.9. The summed E-state index contributed by atoms with van der Waals surface area (Å²) in [6.07, 6.45) is 6.85. The summed E-state index contributed by atoms with van der Waals surface area (Å²) in [5, 5.41) is 6.41. The number of nitrogens with zero attached hydrogens (tertiary/aromatic N) is 2. The summed E-state index contributed by atoms with van der Waals surface area (Å²) in [5.74, 6) is -0.0672. The Hall–Kier alpha value is -2.27. The minimum Gasteiger partial charge on any atom is -0.369 e. The van der Waals surface area contributed by atoms with Crippen LogP contribution in [0.5, 0.6) is 0 Å². The number of carbonyl (C=O) groups excluding carboxylic acids is 1. The van der Waals surface area contributed by atoms with Gasteiger partial charge in [-0.25, -0.2) is 0 Å². The van der Waals surface area contributed by atoms with Gasteiger partial charge in [0.25, 0.3) is 5.91 Å². The molecule has 1 heterocycles. The summed E-state index contributed by atoms with van der Waals surface area (Å²) in [4.78, 5) is 18.2. The van der Waals surface area contributed by atoms with Crippen molar-refractivity contribution in [2.24, 2.45) is 0 Å². The van der Waals surface area contributed by atoms with E-state index in [1.807, 2.05) is 13.0 Å². The quantitative estimate of drug-likeness (QED) is 0.448. The van der Waals surface area contributed by atoms with E-state index in [2.05, 4.69) is 95.7 Å². The number of hydrogen-bond donors (Lipinski definition) is 2. The second-order valence-corrected chi connectivity index (χ2v) is 10.6. The average Bonchev–Trinajstić information content (AvgIpc) is 2.80. The molecule has 2 aliphatic rings. The Morgan fingerprint density at radius 1 is 1.18 bits per heavy atom. The maximum atomic E-state index is 13.3. The lowest BCUT2D eigenvalue weighted by Gasteiger charge is -2.40. The van der Waals surface area contributed by atoms with Crippen LogP contribution in [0.4, 0.5) is 5.69 Å². The molecule has 6 heteroatoms. The van der Waals surface area contributed by atoms with Gasteiger partial charge in [-0.3, -0.25) is 4.79 Å². The summed E-state index contributed by atoms with van der Waals surface area (Å²) in [6, 6.07) is 5.26. The van der Waals surface area contributed by atoms with Crippen molar-refractivity contribution in [3.05, 3.63) is 68.7 Å². The topological polar surface area (TPSA) is 47.6 Å². The predicted octanol–water partition coefficient (Wildman–Crippen LogP) is 5.68. The molecule has 1 aromatic rings. The lowest BCUT2D eigenvalue weighted by atomic mass is 9.89. The fourth-order valence-corrected chi connectivity index (χ4v) is 5.72. The molecule has 0 radical (unpaired) electrons. The summed E-state index contributed by atoms with van der Waals surface area (Å²) in [6.45, 7) is 13.5. The zero-order valence-corrected chi connectivity index (χ0v) is 23.1. The molecule has 1 aromatic carbocycles. The van der Waals surface area contributed by atoms with Crippen molar-refractivity contribution in [3.8, 4) is 0 Å². The van der Waals surface area contributed by atoms with Crippen LogP contribution in [0.15, 0.2) is 57.5 Å². The fraction of sp³-hybridized carbons (Fsp3) is 0.500. The van der Waals surface area contributed by atoms with Gasteiger partial charge in [0.1, 0.15) is 0 Å². The maximum absolute atomic E-state index is 13.3. The molecule has 34 heavy (non-hydrogen) atoms. The van der Waals surface area contributed by atoms with E-state index in [9.17, 15) is 4.79 Å². The Kier molecular flexibility index (Phi) is 8.86. The minimum atomic E-state index is -0.0672. The van der Waals surface area contributed by atoms with Crippen molar-refractivity contribution in [2.75, 3.05) is 32.1 Å². The average molecular weight is 528 g/mol. The highest BCUT2D eigenvalue weighted by Gasteiger charge is 2.28. The van der Waals surface area contributed by atoms with Gasteiger partial charge in [-0.15, -0.1) is 5.73 Å². The van der Waals surface area contributed by atoms with Crippen LogP contribution in [-0.2, 0) is 0 Å². The van der Waals surface area contributed by atoms with E-state index in [-0.39, 0.29) is 5.91 Å². The third-order valence-electron chi connectivity index (χ3n) is 7.21. The van der Waals surface area contributed by atoms with E-state index in [0.717, 1.165) is 44.8 Å². The fourth-order valence-electron chi connectivity index (χ4n) is 5.27. The number of hydrogen-bond acceptors (Lipinski definition) is 4. The molecular formula is C28H39BrN4O. The summed E-state index contributed by atoms with van der Waals surface area (Å²) in [5.41, 5.74) is 9.85. The van der Waals surface area contributed by atoms with Gasteiger partial charge in [-0.1, -0.05) is 22.5 Å². The van der Waals surface area contributed by atoms with E-state index in [0.29, 0.717) is 24.2 Å². The van der Waals surface area contributed by atoms with Gasteiger partial charge in [0.2, 0.25) is 0 Å². The minimum absolute atomic E-state index is 0.0672. The first-order chi connectivity index (χ1) is 16.2. The third-order valence-corrected chi connectivity index (χ3v) is 7.67. The lowest BCUT2D eigenvalue weighted by molar-refractivity contribution is 0.0956. The van der Waals surface area contributed by atoms with Gasteiger partial charge in [-0.2, -0.15) is 0 Å². The van der Waals surface area contributed by atoms with Crippen molar-refractivity contribution in [3.63, 3.8) is 0 Å². The Bertz CT molecular complexity index is 1040. The van der Waals surface area contributed by atoms with Crippen LogP contribution in [-0.4, -0.2) is 50.1 Å². The van der Waals surface area contributed by atoms with Crippen molar-refractivity contribution in [1.82, 2.24) is 15.5 Å². The van der Waals surface area contributed by atoms with E-state index in [1.165, 1.54) is 25.7 Å². The van der Waals surface area contributed by atoms with Gasteiger partial charge >= 0.3 is 0 Å². The molecule has 0 saturated heterocycles. The SMILES string of the molecule is C=C=C1NC(C)=CC(C)=C1CNC(=O)c1cc(Br)cc(N(CC)C2CCC(N(C)C)CC2)c1C. The molecular weight excluding hydrogens is 488 g/mol. The molecule has 0 aromatic heterocycles. The van der Waals surface area contributed by atoms with Crippen LogP contribution in [0.25, 0.3) is 0 Å². The van der Waals surface area contributed by atoms with Crippen LogP contribution in [0.2, 0.25) is 0 Å². The monoisotopic (exact) mass is 526 g/mol. The molecule has 0 atom stereocenters.